The van der Waals surface area contributed by atoms with E-state index in [1.807, 2.05) is 6.07 Å². The average Bonchev–Trinajstić information content (AvgIpc) is 3.35. The van der Waals surface area contributed by atoms with Crippen molar-refractivity contribution in [2.45, 2.75) is 25.2 Å². The Morgan fingerprint density at radius 1 is 1.06 bits per heavy atom. The number of halogens is 3. The summed E-state index contributed by atoms with van der Waals surface area (Å²) in [6.45, 7) is 1.86. The van der Waals surface area contributed by atoms with Crippen molar-refractivity contribution >= 4 is 5.91 Å². The van der Waals surface area contributed by atoms with Crippen LogP contribution in [0.2, 0.25) is 0 Å². The first-order chi connectivity index (χ1) is 15.5. The second-order valence-corrected chi connectivity index (χ2v) is 8.19. The minimum absolute atomic E-state index is 0.0741. The summed E-state index contributed by atoms with van der Waals surface area (Å²) in [5, 5.41) is 4.53. The Labute approximate surface area is 183 Å². The lowest BCUT2D eigenvalue weighted by molar-refractivity contribution is 0.0298. The summed E-state index contributed by atoms with van der Waals surface area (Å²) < 4.78 is 48.8. The van der Waals surface area contributed by atoms with Crippen molar-refractivity contribution in [3.8, 4) is 5.69 Å². The number of ether oxygens (including phenoxy) is 1. The van der Waals surface area contributed by atoms with E-state index in [2.05, 4.69) is 5.10 Å². The van der Waals surface area contributed by atoms with E-state index >= 15 is 0 Å². The van der Waals surface area contributed by atoms with Crippen LogP contribution in [0.5, 0.6) is 0 Å². The molecule has 5 rings (SSSR count). The zero-order chi connectivity index (χ0) is 22.2. The largest absolute Gasteiger partial charge is 0.378 e. The number of hydrogen-bond donors (Lipinski definition) is 0. The van der Waals surface area contributed by atoms with Gasteiger partial charge in [-0.15, -0.1) is 0 Å². The Morgan fingerprint density at radius 3 is 2.59 bits per heavy atom. The number of benzene rings is 2. The van der Waals surface area contributed by atoms with Crippen molar-refractivity contribution in [1.82, 2.24) is 14.7 Å². The van der Waals surface area contributed by atoms with Crippen LogP contribution in [0.25, 0.3) is 5.69 Å². The fraction of sp³-hybridized carbons (Fsp3) is 0.333. The highest BCUT2D eigenvalue weighted by Gasteiger charge is 2.36. The van der Waals surface area contributed by atoms with Gasteiger partial charge >= 0.3 is 0 Å². The molecule has 0 bridgehead atoms. The Hall–Kier alpha value is -3.13. The summed E-state index contributed by atoms with van der Waals surface area (Å²) in [6, 6.07) is 9.69. The van der Waals surface area contributed by atoms with E-state index in [4.69, 9.17) is 4.74 Å². The van der Waals surface area contributed by atoms with Gasteiger partial charge in [-0.25, -0.2) is 17.9 Å². The second kappa shape index (κ2) is 8.43. The monoisotopic (exact) mass is 441 g/mol. The first kappa shape index (κ1) is 20.8. The van der Waals surface area contributed by atoms with Crippen LogP contribution < -0.4 is 0 Å². The molecule has 0 N–H and O–H groups in total. The minimum atomic E-state index is -0.753. The van der Waals surface area contributed by atoms with Crippen molar-refractivity contribution < 1.29 is 22.7 Å². The predicted octanol–water partition coefficient (Wildman–Crippen LogP) is 4.03. The molecule has 1 aliphatic heterocycles. The molecule has 1 aliphatic carbocycles. The molecule has 0 radical (unpaired) electrons. The molecule has 1 unspecified atom stereocenters. The summed E-state index contributed by atoms with van der Waals surface area (Å²) >= 11 is 0. The van der Waals surface area contributed by atoms with Crippen molar-refractivity contribution in [3.63, 3.8) is 0 Å². The summed E-state index contributed by atoms with van der Waals surface area (Å²) in [7, 11) is 0. The molecule has 1 atom stereocenters. The average molecular weight is 441 g/mol. The van der Waals surface area contributed by atoms with Gasteiger partial charge in [-0.3, -0.25) is 4.79 Å². The third kappa shape index (κ3) is 3.79. The number of rotatable bonds is 4. The molecule has 2 aromatic carbocycles. The van der Waals surface area contributed by atoms with Gasteiger partial charge in [0.2, 0.25) is 0 Å². The van der Waals surface area contributed by atoms with E-state index in [0.717, 1.165) is 29.3 Å². The Balaban J connectivity index is 1.58. The fourth-order valence-corrected chi connectivity index (χ4v) is 4.66. The molecule has 2 heterocycles. The summed E-state index contributed by atoms with van der Waals surface area (Å²) in [6.07, 6.45) is 1.88. The van der Waals surface area contributed by atoms with Crippen molar-refractivity contribution in [3.05, 3.63) is 82.4 Å². The van der Waals surface area contributed by atoms with Crippen molar-refractivity contribution in [2.24, 2.45) is 0 Å². The Bertz CT molecular complexity index is 1170. The van der Waals surface area contributed by atoms with Gasteiger partial charge in [0.1, 0.15) is 17.3 Å². The maximum Gasteiger partial charge on any atom is 0.274 e. The third-order valence-corrected chi connectivity index (χ3v) is 6.16. The van der Waals surface area contributed by atoms with Crippen LogP contribution in [0.15, 0.2) is 42.5 Å². The maximum absolute atomic E-state index is 14.7. The summed E-state index contributed by atoms with van der Waals surface area (Å²) in [5.41, 5.74) is 2.72. The molecule has 1 amide bonds. The Morgan fingerprint density at radius 2 is 1.84 bits per heavy atom. The number of nitrogens with zero attached hydrogens (tertiary/aromatic N) is 3. The van der Waals surface area contributed by atoms with Crippen LogP contribution in [0, 0.1) is 17.5 Å². The molecule has 0 spiro atoms. The van der Waals surface area contributed by atoms with E-state index < -0.39 is 11.6 Å². The first-order valence-electron chi connectivity index (χ1n) is 10.7. The molecule has 1 fully saturated rings. The highest BCUT2D eigenvalue weighted by Crippen LogP contribution is 2.39. The molecule has 1 saturated heterocycles. The van der Waals surface area contributed by atoms with Crippen molar-refractivity contribution in [1.29, 1.82) is 0 Å². The molecule has 0 saturated carbocycles. The zero-order valence-electron chi connectivity index (χ0n) is 17.4. The molecule has 5 nitrogen and oxygen atoms in total. The van der Waals surface area contributed by atoms with Crippen LogP contribution in [0.1, 0.15) is 39.6 Å². The number of hydrogen-bond acceptors (Lipinski definition) is 3. The van der Waals surface area contributed by atoms with Crippen LogP contribution in [0.4, 0.5) is 13.2 Å². The van der Waals surface area contributed by atoms with Gasteiger partial charge in [0.25, 0.3) is 5.91 Å². The van der Waals surface area contributed by atoms with Gasteiger partial charge in [0, 0.05) is 30.6 Å². The second-order valence-electron chi connectivity index (χ2n) is 8.19. The Kier molecular flexibility index (Phi) is 5.46. The number of amides is 1. The summed E-state index contributed by atoms with van der Waals surface area (Å²) in [4.78, 5) is 14.9. The van der Waals surface area contributed by atoms with Crippen LogP contribution in [-0.4, -0.2) is 46.9 Å². The maximum atomic E-state index is 14.7. The van der Waals surface area contributed by atoms with E-state index in [1.54, 1.807) is 11.0 Å². The molecule has 2 aliphatic rings. The quantitative estimate of drug-likeness (QED) is 0.614. The molecule has 32 heavy (non-hydrogen) atoms. The first-order valence-corrected chi connectivity index (χ1v) is 10.7. The van der Waals surface area contributed by atoms with Gasteiger partial charge in [-0.2, -0.15) is 5.10 Å². The normalized spacial score (nSPS) is 18.1. The molecular formula is C24H22F3N3O2. The lowest BCUT2D eigenvalue weighted by Crippen LogP contribution is -2.41. The number of morpholine rings is 1. The van der Waals surface area contributed by atoms with E-state index in [0.29, 0.717) is 44.8 Å². The van der Waals surface area contributed by atoms with Gasteiger partial charge < -0.3 is 9.64 Å². The summed E-state index contributed by atoms with van der Waals surface area (Å²) in [5.74, 6) is -2.04. The standard InChI is InChI=1S/C24H22F3N3O2/c25-17-3-1-2-15(13-17)12-16-4-6-19-22(24(31)29-8-10-32-11-9-29)28-30(23(16)19)21-7-5-18(26)14-20(21)27/h1-3,5,7,13-14,16H,4,6,8-12H2. The highest BCUT2D eigenvalue weighted by molar-refractivity contribution is 5.94. The van der Waals surface area contributed by atoms with Gasteiger partial charge in [-0.1, -0.05) is 12.1 Å². The zero-order valence-corrected chi connectivity index (χ0v) is 17.4. The van der Waals surface area contributed by atoms with Crippen LogP contribution in [0.3, 0.4) is 0 Å². The van der Waals surface area contributed by atoms with Crippen LogP contribution >= 0.6 is 0 Å². The third-order valence-electron chi connectivity index (χ3n) is 6.16. The fourth-order valence-electron chi connectivity index (χ4n) is 4.66. The van der Waals surface area contributed by atoms with Crippen molar-refractivity contribution in [2.75, 3.05) is 26.3 Å². The van der Waals surface area contributed by atoms with Gasteiger partial charge in [-0.05, 0) is 49.1 Å². The molecule has 166 valence electrons. The molecular weight excluding hydrogens is 419 g/mol. The predicted molar refractivity (Wildman–Crippen MR) is 111 cm³/mol. The van der Waals surface area contributed by atoms with E-state index in [-0.39, 0.29) is 23.3 Å². The lowest BCUT2D eigenvalue weighted by atomic mass is 9.97. The van der Waals surface area contributed by atoms with E-state index in [9.17, 15) is 18.0 Å². The molecule has 3 aromatic rings. The molecule has 1 aromatic heterocycles. The van der Waals surface area contributed by atoms with E-state index in [1.165, 1.54) is 28.9 Å². The number of carbonyl (C=O) groups excluding carboxylic acids is 1. The minimum Gasteiger partial charge on any atom is -0.378 e. The number of aromatic nitrogens is 2. The lowest BCUT2D eigenvalue weighted by Gasteiger charge is -2.26. The van der Waals surface area contributed by atoms with Gasteiger partial charge in [0.15, 0.2) is 11.5 Å². The molecule has 8 heteroatoms. The topological polar surface area (TPSA) is 47.4 Å². The SMILES string of the molecule is O=C(c1nn(-c2ccc(F)cc2F)c2c1CCC2Cc1cccc(F)c1)N1CCOCC1. The highest BCUT2D eigenvalue weighted by atomic mass is 19.1. The van der Waals surface area contributed by atoms with Crippen LogP contribution in [-0.2, 0) is 17.6 Å². The smallest absolute Gasteiger partial charge is 0.274 e. The van der Waals surface area contributed by atoms with Gasteiger partial charge in [0.05, 0.1) is 18.9 Å². The number of carbonyl (C=O) groups is 1. The number of fused-ring (bicyclic) bond motifs is 1.